The molecule has 0 radical (unpaired) electrons. The summed E-state index contributed by atoms with van der Waals surface area (Å²) in [5.41, 5.74) is 1.73. The van der Waals surface area contributed by atoms with Crippen molar-refractivity contribution in [3.05, 3.63) is 29.3 Å². The Morgan fingerprint density at radius 3 is 3.07 bits per heavy atom. The second kappa shape index (κ2) is 4.03. The molecule has 0 amide bonds. The number of Topliss-reactive ketones (excluding diaryl/α,β-unsaturated/α-hetero) is 1. The summed E-state index contributed by atoms with van der Waals surface area (Å²) >= 11 is 0. The average molecular weight is 206 g/mol. The van der Waals surface area contributed by atoms with Crippen LogP contribution in [0.1, 0.15) is 28.8 Å². The fraction of sp³-hybridized carbons (Fsp3) is 0.417. The van der Waals surface area contributed by atoms with E-state index in [-0.39, 0.29) is 18.5 Å². The predicted octanol–water partition coefficient (Wildman–Crippen LogP) is 1.71. The van der Waals surface area contributed by atoms with Gasteiger partial charge in [-0.25, -0.2) is 0 Å². The first kappa shape index (κ1) is 10.2. The topological polar surface area (TPSA) is 46.5 Å². The molecule has 0 saturated heterocycles. The summed E-state index contributed by atoms with van der Waals surface area (Å²) in [6.07, 6.45) is 0.716. The van der Waals surface area contributed by atoms with Crippen molar-refractivity contribution in [1.29, 1.82) is 0 Å². The molecule has 0 fully saturated rings. The molecular formula is C12H14O3. The zero-order valence-electron chi connectivity index (χ0n) is 8.69. The van der Waals surface area contributed by atoms with Gasteiger partial charge in [-0.15, -0.1) is 0 Å². The number of fused-ring (bicyclic) bond motifs is 1. The quantitative estimate of drug-likeness (QED) is 0.801. The second-order valence-electron chi connectivity index (χ2n) is 3.88. The van der Waals surface area contributed by atoms with Crippen LogP contribution < -0.4 is 4.74 Å². The molecule has 1 aromatic rings. The number of carbonyl (C=O) groups is 1. The number of rotatable bonds is 2. The minimum Gasteiger partial charge on any atom is -0.489 e. The van der Waals surface area contributed by atoms with Crippen LogP contribution in [0.5, 0.6) is 5.75 Å². The van der Waals surface area contributed by atoms with Gasteiger partial charge in [-0.3, -0.25) is 4.79 Å². The van der Waals surface area contributed by atoms with Crippen LogP contribution >= 0.6 is 0 Å². The van der Waals surface area contributed by atoms with Crippen LogP contribution in [0, 0.1) is 6.92 Å². The van der Waals surface area contributed by atoms with Crippen molar-refractivity contribution in [2.75, 3.05) is 6.61 Å². The molecule has 0 bridgehead atoms. The Morgan fingerprint density at radius 2 is 2.33 bits per heavy atom. The first-order valence-electron chi connectivity index (χ1n) is 5.12. The van der Waals surface area contributed by atoms with Gasteiger partial charge in [0.25, 0.3) is 0 Å². The number of benzene rings is 1. The molecule has 1 aliphatic rings. The predicted molar refractivity (Wildman–Crippen MR) is 56.2 cm³/mol. The Morgan fingerprint density at radius 1 is 1.53 bits per heavy atom. The van der Waals surface area contributed by atoms with Gasteiger partial charge in [0.2, 0.25) is 0 Å². The van der Waals surface area contributed by atoms with Gasteiger partial charge in [-0.1, -0.05) is 11.6 Å². The molecule has 1 atom stereocenters. The molecule has 0 aliphatic carbocycles. The van der Waals surface area contributed by atoms with E-state index >= 15 is 0 Å². The molecule has 3 nitrogen and oxygen atoms in total. The zero-order chi connectivity index (χ0) is 10.8. The van der Waals surface area contributed by atoms with Crippen LogP contribution in [0.25, 0.3) is 0 Å². The number of hydrogen-bond acceptors (Lipinski definition) is 3. The molecule has 1 N–H and O–H groups in total. The van der Waals surface area contributed by atoms with Gasteiger partial charge >= 0.3 is 0 Å². The maximum atomic E-state index is 11.8. The van der Waals surface area contributed by atoms with Crippen LogP contribution in [0.2, 0.25) is 0 Å². The standard InChI is InChI=1S/C12H14O3/c1-8-2-3-12-10(6-8)11(14)7-9(15-12)4-5-13/h2-3,6,9,13H,4-5,7H2,1H3. The van der Waals surface area contributed by atoms with Crippen molar-refractivity contribution < 1.29 is 14.6 Å². The highest BCUT2D eigenvalue weighted by molar-refractivity contribution is 6.00. The van der Waals surface area contributed by atoms with E-state index in [0.29, 0.717) is 24.2 Å². The van der Waals surface area contributed by atoms with Gasteiger partial charge in [-0.2, -0.15) is 0 Å². The molecule has 15 heavy (non-hydrogen) atoms. The van der Waals surface area contributed by atoms with Gasteiger partial charge in [0, 0.05) is 19.4 Å². The summed E-state index contributed by atoms with van der Waals surface area (Å²) < 4.78 is 5.62. The van der Waals surface area contributed by atoms with Crippen LogP contribution in [0.4, 0.5) is 0 Å². The van der Waals surface area contributed by atoms with Crippen molar-refractivity contribution in [2.45, 2.75) is 25.9 Å². The summed E-state index contributed by atoms with van der Waals surface area (Å²) in [6, 6.07) is 5.60. The summed E-state index contributed by atoms with van der Waals surface area (Å²) in [5.74, 6) is 0.758. The summed E-state index contributed by atoms with van der Waals surface area (Å²) in [6.45, 7) is 2.01. The van der Waals surface area contributed by atoms with E-state index in [0.717, 1.165) is 5.56 Å². The smallest absolute Gasteiger partial charge is 0.170 e. The average Bonchev–Trinajstić information content (AvgIpc) is 2.20. The molecular weight excluding hydrogens is 192 g/mol. The summed E-state index contributed by atoms with van der Waals surface area (Å²) in [5, 5.41) is 8.81. The molecule has 3 heteroatoms. The SMILES string of the molecule is Cc1ccc2c(c1)C(=O)CC(CCO)O2. The number of carbonyl (C=O) groups excluding carboxylic acids is 1. The van der Waals surface area contributed by atoms with Gasteiger partial charge in [0.15, 0.2) is 5.78 Å². The number of ketones is 1. The Balaban J connectivity index is 2.28. The second-order valence-corrected chi connectivity index (χ2v) is 3.88. The summed E-state index contributed by atoms with van der Waals surface area (Å²) in [7, 11) is 0. The molecule has 80 valence electrons. The first-order chi connectivity index (χ1) is 7.20. The lowest BCUT2D eigenvalue weighted by Gasteiger charge is -2.24. The lowest BCUT2D eigenvalue weighted by atomic mass is 9.98. The first-order valence-corrected chi connectivity index (χ1v) is 5.12. The summed E-state index contributed by atoms with van der Waals surface area (Å²) in [4.78, 5) is 11.8. The van der Waals surface area contributed by atoms with E-state index in [9.17, 15) is 4.79 Å². The molecule has 0 saturated carbocycles. The highest BCUT2D eigenvalue weighted by Gasteiger charge is 2.25. The van der Waals surface area contributed by atoms with Crippen molar-refractivity contribution in [2.24, 2.45) is 0 Å². The van der Waals surface area contributed by atoms with E-state index in [1.807, 2.05) is 25.1 Å². The monoisotopic (exact) mass is 206 g/mol. The third-order valence-corrected chi connectivity index (χ3v) is 2.59. The van der Waals surface area contributed by atoms with E-state index in [2.05, 4.69) is 0 Å². The Kier molecular flexibility index (Phi) is 2.73. The number of aliphatic hydroxyl groups is 1. The van der Waals surface area contributed by atoms with Crippen molar-refractivity contribution >= 4 is 5.78 Å². The fourth-order valence-electron chi connectivity index (χ4n) is 1.81. The van der Waals surface area contributed by atoms with Gasteiger partial charge < -0.3 is 9.84 Å². The highest BCUT2D eigenvalue weighted by atomic mass is 16.5. The van der Waals surface area contributed by atoms with E-state index in [4.69, 9.17) is 9.84 Å². The van der Waals surface area contributed by atoms with Crippen LogP contribution in [-0.4, -0.2) is 23.6 Å². The highest BCUT2D eigenvalue weighted by Crippen LogP contribution is 2.29. The van der Waals surface area contributed by atoms with Crippen LogP contribution in [0.15, 0.2) is 18.2 Å². The minimum atomic E-state index is -0.169. The lowest BCUT2D eigenvalue weighted by molar-refractivity contribution is 0.0806. The molecule has 1 heterocycles. The third-order valence-electron chi connectivity index (χ3n) is 2.59. The number of aliphatic hydroxyl groups excluding tert-OH is 1. The molecule has 2 rings (SSSR count). The van der Waals surface area contributed by atoms with Gasteiger partial charge in [-0.05, 0) is 19.1 Å². The van der Waals surface area contributed by atoms with E-state index < -0.39 is 0 Å². The Bertz CT molecular complexity index is 384. The zero-order valence-corrected chi connectivity index (χ0v) is 8.69. The molecule has 1 aliphatic heterocycles. The normalized spacial score (nSPS) is 19.6. The maximum Gasteiger partial charge on any atom is 0.170 e. The molecule has 0 aromatic heterocycles. The van der Waals surface area contributed by atoms with Crippen molar-refractivity contribution in [1.82, 2.24) is 0 Å². The molecule has 0 spiro atoms. The molecule has 1 aromatic carbocycles. The molecule has 1 unspecified atom stereocenters. The van der Waals surface area contributed by atoms with E-state index in [1.165, 1.54) is 0 Å². The Labute approximate surface area is 88.7 Å². The third kappa shape index (κ3) is 2.02. The maximum absolute atomic E-state index is 11.8. The lowest BCUT2D eigenvalue weighted by Crippen LogP contribution is -2.27. The largest absolute Gasteiger partial charge is 0.489 e. The fourth-order valence-corrected chi connectivity index (χ4v) is 1.81. The Hall–Kier alpha value is -1.35. The van der Waals surface area contributed by atoms with Crippen molar-refractivity contribution in [3.63, 3.8) is 0 Å². The van der Waals surface area contributed by atoms with Crippen LogP contribution in [0.3, 0.4) is 0 Å². The van der Waals surface area contributed by atoms with Gasteiger partial charge in [0.05, 0.1) is 5.56 Å². The van der Waals surface area contributed by atoms with Gasteiger partial charge in [0.1, 0.15) is 11.9 Å². The number of hydrogen-bond donors (Lipinski definition) is 1. The minimum absolute atomic E-state index is 0.0547. The number of ether oxygens (including phenoxy) is 1. The van der Waals surface area contributed by atoms with Crippen LogP contribution in [-0.2, 0) is 0 Å². The van der Waals surface area contributed by atoms with Crippen molar-refractivity contribution in [3.8, 4) is 5.75 Å². The van der Waals surface area contributed by atoms with E-state index in [1.54, 1.807) is 0 Å². The number of aryl methyl sites for hydroxylation is 1.